The molecule has 2 nitrogen and oxygen atoms in total. The van der Waals surface area contributed by atoms with Gasteiger partial charge >= 0.3 is 0 Å². The maximum Gasteiger partial charge on any atom is 0.0480 e. The summed E-state index contributed by atoms with van der Waals surface area (Å²) >= 11 is 0. The molecular weight excluding hydrogens is 232 g/mol. The Bertz CT molecular complexity index is 535. The quantitative estimate of drug-likeness (QED) is 0.884. The van der Waals surface area contributed by atoms with Gasteiger partial charge in [0.25, 0.3) is 0 Å². The highest BCUT2D eigenvalue weighted by Crippen LogP contribution is 2.21. The van der Waals surface area contributed by atoms with Crippen molar-refractivity contribution in [2.24, 2.45) is 5.92 Å². The van der Waals surface area contributed by atoms with Gasteiger partial charge in [-0.05, 0) is 73.8 Å². The standard InChI is InChI=1S/C17H24N2/c1-2-14-3-4-17-16(13-14)8-12-19(17)11-7-15-5-9-18-10-6-15/h3-4,8,12-13,15,18H,2,5-7,9-11H2,1H3. The molecule has 2 aromatic rings. The van der Waals surface area contributed by atoms with E-state index in [1.54, 1.807) is 0 Å². The molecule has 0 atom stereocenters. The molecule has 102 valence electrons. The molecule has 1 saturated heterocycles. The van der Waals surface area contributed by atoms with Gasteiger partial charge in [0.2, 0.25) is 0 Å². The average Bonchev–Trinajstić information content (AvgIpc) is 2.88. The Kier molecular flexibility index (Phi) is 3.88. The molecule has 19 heavy (non-hydrogen) atoms. The van der Waals surface area contributed by atoms with Crippen LogP contribution in [0.15, 0.2) is 30.5 Å². The maximum atomic E-state index is 3.44. The Morgan fingerprint density at radius 2 is 2.05 bits per heavy atom. The zero-order valence-electron chi connectivity index (χ0n) is 11.9. The van der Waals surface area contributed by atoms with E-state index >= 15 is 0 Å². The van der Waals surface area contributed by atoms with Gasteiger partial charge in [0.1, 0.15) is 0 Å². The molecule has 0 radical (unpaired) electrons. The van der Waals surface area contributed by atoms with Crippen molar-refractivity contribution in [3.05, 3.63) is 36.0 Å². The lowest BCUT2D eigenvalue weighted by molar-refractivity contribution is 0.339. The van der Waals surface area contributed by atoms with Gasteiger partial charge in [-0.3, -0.25) is 0 Å². The molecule has 1 fully saturated rings. The summed E-state index contributed by atoms with van der Waals surface area (Å²) in [6, 6.07) is 9.15. The lowest BCUT2D eigenvalue weighted by Gasteiger charge is -2.22. The molecule has 1 aromatic heterocycles. The topological polar surface area (TPSA) is 17.0 Å². The molecule has 2 heterocycles. The number of nitrogens with zero attached hydrogens (tertiary/aromatic N) is 1. The summed E-state index contributed by atoms with van der Waals surface area (Å²) in [6.07, 6.45) is 7.39. The zero-order chi connectivity index (χ0) is 13.1. The van der Waals surface area contributed by atoms with Gasteiger partial charge in [0.05, 0.1) is 0 Å². The minimum Gasteiger partial charge on any atom is -0.347 e. The summed E-state index contributed by atoms with van der Waals surface area (Å²) in [5, 5.41) is 4.84. The average molecular weight is 256 g/mol. The third-order valence-corrected chi connectivity index (χ3v) is 4.48. The van der Waals surface area contributed by atoms with Crippen molar-refractivity contribution in [1.29, 1.82) is 0 Å². The van der Waals surface area contributed by atoms with E-state index in [1.807, 2.05) is 0 Å². The van der Waals surface area contributed by atoms with Gasteiger partial charge in [-0.2, -0.15) is 0 Å². The molecule has 0 bridgehead atoms. The van der Waals surface area contributed by atoms with Crippen molar-refractivity contribution in [2.45, 2.75) is 39.2 Å². The van der Waals surface area contributed by atoms with Gasteiger partial charge in [0.15, 0.2) is 0 Å². The first-order chi connectivity index (χ1) is 9.36. The second-order valence-corrected chi connectivity index (χ2v) is 5.74. The second-order valence-electron chi connectivity index (χ2n) is 5.74. The molecule has 1 N–H and O–H groups in total. The van der Waals surface area contributed by atoms with Crippen molar-refractivity contribution in [3.63, 3.8) is 0 Å². The van der Waals surface area contributed by atoms with E-state index in [0.29, 0.717) is 0 Å². The van der Waals surface area contributed by atoms with Gasteiger partial charge in [-0.15, -0.1) is 0 Å². The summed E-state index contributed by atoms with van der Waals surface area (Å²) in [4.78, 5) is 0. The Labute approximate surface area is 115 Å². The Morgan fingerprint density at radius 3 is 2.84 bits per heavy atom. The van der Waals surface area contributed by atoms with E-state index in [4.69, 9.17) is 0 Å². The fraction of sp³-hybridized carbons (Fsp3) is 0.529. The van der Waals surface area contributed by atoms with Gasteiger partial charge in [0, 0.05) is 18.3 Å². The smallest absolute Gasteiger partial charge is 0.0480 e. The number of fused-ring (bicyclic) bond motifs is 1. The van der Waals surface area contributed by atoms with Crippen LogP contribution in [0.25, 0.3) is 10.9 Å². The highest BCUT2D eigenvalue weighted by atomic mass is 15.0. The normalized spacial score (nSPS) is 17.1. The van der Waals surface area contributed by atoms with Crippen LogP contribution in [-0.2, 0) is 13.0 Å². The predicted octanol–water partition coefficient (Wildman–Crippen LogP) is 3.59. The number of rotatable bonds is 4. The van der Waals surface area contributed by atoms with Crippen molar-refractivity contribution in [3.8, 4) is 0 Å². The summed E-state index contributed by atoms with van der Waals surface area (Å²) in [7, 11) is 0. The molecule has 0 saturated carbocycles. The largest absolute Gasteiger partial charge is 0.347 e. The molecule has 0 spiro atoms. The number of nitrogens with one attached hydrogen (secondary N) is 1. The fourth-order valence-corrected chi connectivity index (χ4v) is 3.16. The molecule has 1 aromatic carbocycles. The zero-order valence-corrected chi connectivity index (χ0v) is 11.9. The Hall–Kier alpha value is -1.28. The second kappa shape index (κ2) is 5.79. The molecule has 0 unspecified atom stereocenters. The summed E-state index contributed by atoms with van der Waals surface area (Å²) in [5.41, 5.74) is 2.83. The number of benzene rings is 1. The Balaban J connectivity index is 1.70. The number of piperidine rings is 1. The third kappa shape index (κ3) is 2.84. The van der Waals surface area contributed by atoms with E-state index in [1.165, 1.54) is 55.4 Å². The lowest BCUT2D eigenvalue weighted by atomic mass is 9.95. The SMILES string of the molecule is CCc1ccc2c(ccn2CCC2CCNCC2)c1. The van der Waals surface area contributed by atoms with Crippen molar-refractivity contribution >= 4 is 10.9 Å². The number of hydrogen-bond acceptors (Lipinski definition) is 1. The van der Waals surface area contributed by atoms with Crippen LogP contribution in [0.1, 0.15) is 31.7 Å². The lowest BCUT2D eigenvalue weighted by Crippen LogP contribution is -2.28. The molecule has 0 amide bonds. The van der Waals surface area contributed by atoms with E-state index in [2.05, 4.69) is 47.3 Å². The highest BCUT2D eigenvalue weighted by molar-refractivity contribution is 5.80. The fourth-order valence-electron chi connectivity index (χ4n) is 3.16. The Morgan fingerprint density at radius 1 is 1.21 bits per heavy atom. The van der Waals surface area contributed by atoms with Crippen LogP contribution in [0.3, 0.4) is 0 Å². The van der Waals surface area contributed by atoms with Crippen molar-refractivity contribution in [1.82, 2.24) is 9.88 Å². The van der Waals surface area contributed by atoms with Crippen LogP contribution in [0.4, 0.5) is 0 Å². The van der Waals surface area contributed by atoms with Crippen molar-refractivity contribution in [2.75, 3.05) is 13.1 Å². The van der Waals surface area contributed by atoms with Crippen LogP contribution in [0.5, 0.6) is 0 Å². The highest BCUT2D eigenvalue weighted by Gasteiger charge is 2.13. The summed E-state index contributed by atoms with van der Waals surface area (Å²) < 4.78 is 2.43. The van der Waals surface area contributed by atoms with Crippen LogP contribution < -0.4 is 5.32 Å². The first-order valence-electron chi connectivity index (χ1n) is 7.65. The van der Waals surface area contributed by atoms with Gasteiger partial charge in [-0.1, -0.05) is 13.0 Å². The van der Waals surface area contributed by atoms with E-state index in [9.17, 15) is 0 Å². The monoisotopic (exact) mass is 256 g/mol. The third-order valence-electron chi connectivity index (χ3n) is 4.48. The summed E-state index contributed by atoms with van der Waals surface area (Å²) in [5.74, 6) is 0.911. The molecule has 1 aliphatic rings. The summed E-state index contributed by atoms with van der Waals surface area (Å²) in [6.45, 7) is 5.79. The van der Waals surface area contributed by atoms with Crippen LogP contribution in [0, 0.1) is 5.92 Å². The van der Waals surface area contributed by atoms with Crippen LogP contribution in [0.2, 0.25) is 0 Å². The van der Waals surface area contributed by atoms with Gasteiger partial charge < -0.3 is 9.88 Å². The van der Waals surface area contributed by atoms with Crippen LogP contribution in [-0.4, -0.2) is 17.7 Å². The minimum absolute atomic E-state index is 0.911. The first-order valence-corrected chi connectivity index (χ1v) is 7.65. The van der Waals surface area contributed by atoms with Crippen molar-refractivity contribution < 1.29 is 0 Å². The molecule has 1 aliphatic heterocycles. The maximum absolute atomic E-state index is 3.44. The van der Waals surface area contributed by atoms with E-state index in [-0.39, 0.29) is 0 Å². The first kappa shape index (κ1) is 12.7. The van der Waals surface area contributed by atoms with E-state index < -0.39 is 0 Å². The van der Waals surface area contributed by atoms with Gasteiger partial charge in [-0.25, -0.2) is 0 Å². The molecular formula is C17H24N2. The predicted molar refractivity (Wildman–Crippen MR) is 81.5 cm³/mol. The number of aryl methyl sites for hydroxylation is 2. The number of aromatic nitrogens is 1. The molecule has 3 rings (SSSR count). The van der Waals surface area contributed by atoms with Crippen LogP contribution >= 0.6 is 0 Å². The number of hydrogen-bond donors (Lipinski definition) is 1. The van der Waals surface area contributed by atoms with E-state index in [0.717, 1.165) is 12.3 Å². The molecule has 0 aliphatic carbocycles. The minimum atomic E-state index is 0.911. The molecule has 2 heteroatoms.